The van der Waals surface area contributed by atoms with Crippen molar-refractivity contribution < 1.29 is 9.53 Å². The first-order chi connectivity index (χ1) is 8.31. The molecule has 0 unspecified atom stereocenters. The molecule has 0 aromatic heterocycles. The summed E-state index contributed by atoms with van der Waals surface area (Å²) in [5.74, 6) is 2.57. The molecule has 0 saturated carbocycles. The minimum absolute atomic E-state index is 0.129. The number of halogens is 1. The van der Waals surface area contributed by atoms with E-state index in [0.717, 1.165) is 19.3 Å². The van der Waals surface area contributed by atoms with E-state index in [2.05, 4.69) is 16.4 Å². The van der Waals surface area contributed by atoms with Gasteiger partial charge in [-0.15, -0.1) is 6.58 Å². The van der Waals surface area contributed by atoms with Gasteiger partial charge in [0.1, 0.15) is 0 Å². The Morgan fingerprint density at radius 3 is 2.47 bits per heavy atom. The highest BCUT2D eigenvalue weighted by atomic mass is 127. The Hall–Kier alpha value is -0.500. The van der Waals surface area contributed by atoms with Crippen molar-refractivity contribution in [2.75, 3.05) is 6.61 Å². The molecule has 0 bridgehead atoms. The van der Waals surface area contributed by atoms with E-state index in [-0.39, 0.29) is 12.6 Å². The molecule has 2 nitrogen and oxygen atoms in total. The van der Waals surface area contributed by atoms with Gasteiger partial charge in [-0.2, -0.15) is 0 Å². The predicted molar refractivity (Wildman–Crippen MR) is 79.9 cm³/mol. The lowest BCUT2D eigenvalue weighted by molar-refractivity contribution is -0.142. The highest BCUT2D eigenvalue weighted by Gasteiger charge is 2.00. The third-order valence-electron chi connectivity index (χ3n) is 2.41. The van der Waals surface area contributed by atoms with Crippen LogP contribution in [0.3, 0.4) is 0 Å². The zero-order valence-corrected chi connectivity index (χ0v) is 12.5. The van der Waals surface area contributed by atoms with E-state index in [1.807, 2.05) is 28.7 Å². The molecule has 0 aromatic rings. The van der Waals surface area contributed by atoms with Gasteiger partial charge in [-0.3, -0.25) is 4.79 Å². The van der Waals surface area contributed by atoms with Crippen molar-refractivity contribution in [3.05, 3.63) is 12.7 Å². The molecule has 0 aliphatic heterocycles. The van der Waals surface area contributed by atoms with Crippen molar-refractivity contribution in [1.82, 2.24) is 0 Å². The standard InChI is InChI=1S/C14H21IO2/c1-2-3-4-5-6-7-8-9-11-14(16)17-13-10-12-15/h2H,1,3-9,11,13H2. The molecule has 0 rings (SSSR count). The van der Waals surface area contributed by atoms with Gasteiger partial charge in [-0.1, -0.05) is 37.7 Å². The maximum Gasteiger partial charge on any atom is 0.306 e. The normalized spacial score (nSPS) is 9.24. The molecule has 0 fully saturated rings. The lowest BCUT2D eigenvalue weighted by Crippen LogP contribution is -2.04. The van der Waals surface area contributed by atoms with Gasteiger partial charge < -0.3 is 4.74 Å². The molecule has 0 atom stereocenters. The average Bonchev–Trinajstić information content (AvgIpc) is 2.33. The molecule has 0 aliphatic carbocycles. The van der Waals surface area contributed by atoms with Crippen molar-refractivity contribution in [3.8, 4) is 9.85 Å². The predicted octanol–water partition coefficient (Wildman–Crippen LogP) is 4.23. The van der Waals surface area contributed by atoms with Crippen LogP contribution in [0.25, 0.3) is 0 Å². The molecule has 0 aromatic carbocycles. The van der Waals surface area contributed by atoms with Crippen LogP contribution in [0.1, 0.15) is 51.4 Å². The Balaban J connectivity index is 3.18. The topological polar surface area (TPSA) is 26.3 Å². The van der Waals surface area contributed by atoms with Crippen molar-refractivity contribution in [2.24, 2.45) is 0 Å². The van der Waals surface area contributed by atoms with E-state index in [4.69, 9.17) is 4.74 Å². The van der Waals surface area contributed by atoms with Crippen LogP contribution in [-0.2, 0) is 9.53 Å². The summed E-state index contributed by atoms with van der Waals surface area (Å²) in [6.07, 6.45) is 10.6. The van der Waals surface area contributed by atoms with Gasteiger partial charge in [0.15, 0.2) is 6.61 Å². The molecule has 0 amide bonds. The van der Waals surface area contributed by atoms with E-state index in [1.54, 1.807) is 0 Å². The number of carbonyl (C=O) groups is 1. The number of allylic oxidation sites excluding steroid dienone is 1. The Kier molecular flexibility index (Phi) is 13.2. The largest absolute Gasteiger partial charge is 0.452 e. The fraction of sp³-hybridized carbons (Fsp3) is 0.643. The number of rotatable bonds is 10. The Bertz CT molecular complexity index is 263. The van der Waals surface area contributed by atoms with Crippen LogP contribution in [0.5, 0.6) is 0 Å². The van der Waals surface area contributed by atoms with E-state index < -0.39 is 0 Å². The van der Waals surface area contributed by atoms with E-state index >= 15 is 0 Å². The van der Waals surface area contributed by atoms with Gasteiger partial charge in [-0.05, 0) is 23.2 Å². The molecule has 0 radical (unpaired) electrons. The minimum atomic E-state index is -0.129. The fourth-order valence-electron chi connectivity index (χ4n) is 1.48. The second kappa shape index (κ2) is 13.6. The fourth-order valence-corrected chi connectivity index (χ4v) is 1.64. The summed E-state index contributed by atoms with van der Waals surface area (Å²) < 4.78 is 7.57. The molecular formula is C14H21IO2. The number of unbranched alkanes of at least 4 members (excludes halogenated alkanes) is 6. The van der Waals surface area contributed by atoms with Gasteiger partial charge >= 0.3 is 5.97 Å². The maximum absolute atomic E-state index is 11.2. The van der Waals surface area contributed by atoms with Gasteiger partial charge in [-0.25, -0.2) is 0 Å². The summed E-state index contributed by atoms with van der Waals surface area (Å²) in [4.78, 5) is 11.2. The van der Waals surface area contributed by atoms with Gasteiger partial charge in [0.25, 0.3) is 0 Å². The number of hydrogen-bond donors (Lipinski definition) is 0. The molecule has 96 valence electrons. The summed E-state index contributed by atoms with van der Waals surface area (Å²) >= 11 is 1.93. The third kappa shape index (κ3) is 13.4. The molecular weight excluding hydrogens is 327 g/mol. The number of esters is 1. The third-order valence-corrected chi connectivity index (χ3v) is 2.79. The summed E-state index contributed by atoms with van der Waals surface area (Å²) in [5, 5.41) is 0. The lowest BCUT2D eigenvalue weighted by atomic mass is 10.1. The second-order valence-electron chi connectivity index (χ2n) is 3.88. The van der Waals surface area contributed by atoms with Gasteiger partial charge in [0.2, 0.25) is 0 Å². The summed E-state index contributed by atoms with van der Waals surface area (Å²) in [6, 6.07) is 0. The molecule has 0 heterocycles. The zero-order valence-electron chi connectivity index (χ0n) is 10.3. The first-order valence-electron chi connectivity index (χ1n) is 6.16. The van der Waals surface area contributed by atoms with E-state index in [9.17, 15) is 4.79 Å². The monoisotopic (exact) mass is 348 g/mol. The van der Waals surface area contributed by atoms with Crippen LogP contribution in [0.15, 0.2) is 12.7 Å². The zero-order chi connectivity index (χ0) is 12.8. The Morgan fingerprint density at radius 2 is 1.82 bits per heavy atom. The maximum atomic E-state index is 11.2. The molecule has 0 aliphatic rings. The van der Waals surface area contributed by atoms with Crippen molar-refractivity contribution >= 4 is 28.6 Å². The van der Waals surface area contributed by atoms with Crippen LogP contribution in [0.2, 0.25) is 0 Å². The number of carbonyl (C=O) groups excluding carboxylic acids is 1. The van der Waals surface area contributed by atoms with Crippen molar-refractivity contribution in [1.29, 1.82) is 0 Å². The summed E-state index contributed by atoms with van der Waals surface area (Å²) in [5.41, 5.74) is 0. The van der Waals surface area contributed by atoms with Crippen LogP contribution in [0, 0.1) is 9.85 Å². The summed E-state index contributed by atoms with van der Waals surface area (Å²) in [6.45, 7) is 3.92. The van der Waals surface area contributed by atoms with Crippen molar-refractivity contribution in [3.63, 3.8) is 0 Å². The van der Waals surface area contributed by atoms with Crippen LogP contribution < -0.4 is 0 Å². The quantitative estimate of drug-likeness (QED) is 0.194. The molecule has 0 N–H and O–H groups in total. The number of hydrogen-bond acceptors (Lipinski definition) is 2. The number of ether oxygens (including phenoxy) is 1. The van der Waals surface area contributed by atoms with E-state index in [0.29, 0.717) is 6.42 Å². The Labute approximate surface area is 118 Å². The van der Waals surface area contributed by atoms with Crippen LogP contribution in [0.4, 0.5) is 0 Å². The smallest absolute Gasteiger partial charge is 0.306 e. The van der Waals surface area contributed by atoms with Crippen LogP contribution in [-0.4, -0.2) is 12.6 Å². The molecule has 3 heteroatoms. The average molecular weight is 348 g/mol. The van der Waals surface area contributed by atoms with E-state index in [1.165, 1.54) is 25.7 Å². The van der Waals surface area contributed by atoms with Gasteiger partial charge in [0, 0.05) is 29.0 Å². The first-order valence-corrected chi connectivity index (χ1v) is 7.24. The lowest BCUT2D eigenvalue weighted by Gasteiger charge is -2.01. The van der Waals surface area contributed by atoms with Crippen molar-refractivity contribution in [2.45, 2.75) is 51.4 Å². The highest BCUT2D eigenvalue weighted by molar-refractivity contribution is 14.1. The SMILES string of the molecule is C=CCCCCCCCCC(=O)OCC#CI. The molecule has 0 spiro atoms. The molecule has 17 heavy (non-hydrogen) atoms. The van der Waals surface area contributed by atoms with Crippen LogP contribution >= 0.6 is 22.6 Å². The first kappa shape index (κ1) is 16.5. The molecule has 0 saturated heterocycles. The highest BCUT2D eigenvalue weighted by Crippen LogP contribution is 2.09. The second-order valence-corrected chi connectivity index (χ2v) is 4.42. The Morgan fingerprint density at radius 1 is 1.18 bits per heavy atom. The van der Waals surface area contributed by atoms with Gasteiger partial charge in [0.05, 0.1) is 0 Å². The summed E-state index contributed by atoms with van der Waals surface area (Å²) in [7, 11) is 0. The minimum Gasteiger partial charge on any atom is -0.452 e.